The van der Waals surface area contributed by atoms with E-state index in [1.165, 1.54) is 0 Å². The van der Waals surface area contributed by atoms with Gasteiger partial charge in [0.15, 0.2) is 0 Å². The van der Waals surface area contributed by atoms with E-state index in [1.807, 2.05) is 20.8 Å². The number of rotatable bonds is 2. The fraction of sp³-hybridized carbons (Fsp3) is 0.818. The molecular weight excluding hydrogens is 180 g/mol. The maximum absolute atomic E-state index is 11.6. The lowest BCUT2D eigenvalue weighted by atomic mass is 9.83. The van der Waals surface area contributed by atoms with Crippen LogP contribution in [0.1, 0.15) is 40.5 Å². The average molecular weight is 198 g/mol. The molecule has 3 heteroatoms. The Morgan fingerprint density at radius 2 is 2.00 bits per heavy atom. The summed E-state index contributed by atoms with van der Waals surface area (Å²) in [5.41, 5.74) is -0.974. The zero-order valence-electron chi connectivity index (χ0n) is 9.35. The summed E-state index contributed by atoms with van der Waals surface area (Å²) in [7, 11) is 0. The summed E-state index contributed by atoms with van der Waals surface area (Å²) in [6.45, 7) is 7.75. The van der Waals surface area contributed by atoms with E-state index >= 15 is 0 Å². The van der Waals surface area contributed by atoms with E-state index in [4.69, 9.17) is 4.74 Å². The van der Waals surface area contributed by atoms with Gasteiger partial charge < -0.3 is 4.74 Å². The van der Waals surface area contributed by atoms with Crippen LogP contribution in [0.3, 0.4) is 0 Å². The van der Waals surface area contributed by atoms with Crippen molar-refractivity contribution in [3.63, 3.8) is 0 Å². The summed E-state index contributed by atoms with van der Waals surface area (Å²) in [4.78, 5) is 23.2. The average Bonchev–Trinajstić information content (AvgIpc) is 2.23. The van der Waals surface area contributed by atoms with E-state index in [0.29, 0.717) is 19.4 Å². The minimum atomic E-state index is -0.601. The Kier molecular flexibility index (Phi) is 2.70. The van der Waals surface area contributed by atoms with Gasteiger partial charge in [0.1, 0.15) is 5.78 Å². The van der Waals surface area contributed by atoms with Gasteiger partial charge in [0.25, 0.3) is 0 Å². The monoisotopic (exact) mass is 198 g/mol. The standard InChI is InChI=1S/C11H18O3/c1-5-14-9(13)11(4)6-8(12)10(2,3)7-11/h5-7H2,1-4H3. The van der Waals surface area contributed by atoms with Crippen molar-refractivity contribution in [2.75, 3.05) is 6.61 Å². The number of hydrogen-bond acceptors (Lipinski definition) is 3. The van der Waals surface area contributed by atoms with Gasteiger partial charge in [-0.2, -0.15) is 0 Å². The normalized spacial score (nSPS) is 30.4. The smallest absolute Gasteiger partial charge is 0.312 e. The van der Waals surface area contributed by atoms with Crippen LogP contribution >= 0.6 is 0 Å². The molecule has 80 valence electrons. The van der Waals surface area contributed by atoms with Crippen LogP contribution in [0.15, 0.2) is 0 Å². The third kappa shape index (κ3) is 1.81. The molecule has 0 aromatic carbocycles. The van der Waals surface area contributed by atoms with Gasteiger partial charge >= 0.3 is 5.97 Å². The van der Waals surface area contributed by atoms with Crippen molar-refractivity contribution in [3.05, 3.63) is 0 Å². The Bertz CT molecular complexity index is 268. The maximum Gasteiger partial charge on any atom is 0.312 e. The van der Waals surface area contributed by atoms with Crippen LogP contribution < -0.4 is 0 Å². The second kappa shape index (κ2) is 3.37. The number of carbonyl (C=O) groups excluding carboxylic acids is 2. The number of Topliss-reactive ketones (excluding diaryl/α,β-unsaturated/α-hetero) is 1. The van der Waals surface area contributed by atoms with Crippen LogP contribution in [0.4, 0.5) is 0 Å². The van der Waals surface area contributed by atoms with Gasteiger partial charge in [-0.25, -0.2) is 0 Å². The highest BCUT2D eigenvalue weighted by molar-refractivity contribution is 5.94. The van der Waals surface area contributed by atoms with Crippen molar-refractivity contribution in [2.24, 2.45) is 10.8 Å². The quantitative estimate of drug-likeness (QED) is 0.637. The molecular formula is C11H18O3. The largest absolute Gasteiger partial charge is 0.466 e. The van der Waals surface area contributed by atoms with Gasteiger partial charge in [-0.3, -0.25) is 9.59 Å². The molecule has 0 saturated heterocycles. The van der Waals surface area contributed by atoms with Crippen molar-refractivity contribution < 1.29 is 14.3 Å². The first-order chi connectivity index (χ1) is 6.32. The van der Waals surface area contributed by atoms with Gasteiger partial charge in [-0.15, -0.1) is 0 Å². The van der Waals surface area contributed by atoms with Gasteiger partial charge in [-0.1, -0.05) is 13.8 Å². The fourth-order valence-corrected chi connectivity index (χ4v) is 2.18. The molecule has 0 amide bonds. The first-order valence-corrected chi connectivity index (χ1v) is 5.02. The lowest BCUT2D eigenvalue weighted by Gasteiger charge is -2.22. The second-order valence-electron chi connectivity index (χ2n) is 4.94. The Morgan fingerprint density at radius 3 is 2.36 bits per heavy atom. The molecule has 1 aliphatic rings. The van der Waals surface area contributed by atoms with Crippen LogP contribution in [-0.4, -0.2) is 18.4 Å². The molecule has 0 spiro atoms. The summed E-state index contributed by atoms with van der Waals surface area (Å²) >= 11 is 0. The summed E-state index contributed by atoms with van der Waals surface area (Å²) in [6, 6.07) is 0. The van der Waals surface area contributed by atoms with Crippen LogP contribution in [0, 0.1) is 10.8 Å². The molecule has 0 aliphatic heterocycles. The first kappa shape index (κ1) is 11.2. The molecule has 1 saturated carbocycles. The van der Waals surface area contributed by atoms with E-state index in [2.05, 4.69) is 0 Å². The molecule has 0 heterocycles. The number of ether oxygens (including phenoxy) is 1. The van der Waals surface area contributed by atoms with Crippen LogP contribution in [-0.2, 0) is 14.3 Å². The van der Waals surface area contributed by atoms with Gasteiger partial charge in [0, 0.05) is 11.8 Å². The molecule has 0 N–H and O–H groups in total. The maximum atomic E-state index is 11.6. The zero-order chi connectivity index (χ0) is 11.0. The Balaban J connectivity index is 2.80. The summed E-state index contributed by atoms with van der Waals surface area (Å²) < 4.78 is 4.98. The minimum absolute atomic E-state index is 0.160. The molecule has 0 radical (unpaired) electrons. The van der Waals surface area contributed by atoms with Crippen LogP contribution in [0.2, 0.25) is 0 Å². The molecule has 1 atom stereocenters. The highest BCUT2D eigenvalue weighted by Gasteiger charge is 2.51. The van der Waals surface area contributed by atoms with Gasteiger partial charge in [0.05, 0.1) is 12.0 Å². The minimum Gasteiger partial charge on any atom is -0.466 e. The van der Waals surface area contributed by atoms with E-state index in [0.717, 1.165) is 0 Å². The van der Waals surface area contributed by atoms with E-state index in [-0.39, 0.29) is 17.2 Å². The topological polar surface area (TPSA) is 43.4 Å². The molecule has 1 rings (SSSR count). The van der Waals surface area contributed by atoms with Crippen LogP contribution in [0.25, 0.3) is 0 Å². The highest BCUT2D eigenvalue weighted by atomic mass is 16.5. The molecule has 0 aromatic heterocycles. The number of ketones is 1. The molecule has 0 aromatic rings. The third-order valence-corrected chi connectivity index (χ3v) is 2.91. The predicted octanol–water partition coefficient (Wildman–Crippen LogP) is 1.94. The molecule has 0 bridgehead atoms. The summed E-state index contributed by atoms with van der Waals surface area (Å²) in [6.07, 6.45) is 0.913. The number of hydrogen-bond donors (Lipinski definition) is 0. The third-order valence-electron chi connectivity index (χ3n) is 2.91. The van der Waals surface area contributed by atoms with Crippen LogP contribution in [0.5, 0.6) is 0 Å². The van der Waals surface area contributed by atoms with E-state index < -0.39 is 5.41 Å². The summed E-state index contributed by atoms with van der Waals surface area (Å²) in [5.74, 6) is -0.0769. The molecule has 1 aliphatic carbocycles. The zero-order valence-corrected chi connectivity index (χ0v) is 9.35. The Hall–Kier alpha value is -0.860. The fourth-order valence-electron chi connectivity index (χ4n) is 2.18. The van der Waals surface area contributed by atoms with E-state index in [1.54, 1.807) is 6.92 Å². The highest BCUT2D eigenvalue weighted by Crippen LogP contribution is 2.46. The van der Waals surface area contributed by atoms with Crippen molar-refractivity contribution in [1.82, 2.24) is 0 Å². The Labute approximate surface area is 84.8 Å². The van der Waals surface area contributed by atoms with Crippen molar-refractivity contribution in [3.8, 4) is 0 Å². The van der Waals surface area contributed by atoms with Gasteiger partial charge in [0.2, 0.25) is 0 Å². The van der Waals surface area contributed by atoms with Crippen molar-refractivity contribution in [1.29, 1.82) is 0 Å². The second-order valence-corrected chi connectivity index (χ2v) is 4.94. The molecule has 14 heavy (non-hydrogen) atoms. The van der Waals surface area contributed by atoms with Crippen molar-refractivity contribution >= 4 is 11.8 Å². The molecule has 1 unspecified atom stereocenters. The van der Waals surface area contributed by atoms with Gasteiger partial charge in [-0.05, 0) is 20.3 Å². The predicted molar refractivity (Wildman–Crippen MR) is 52.8 cm³/mol. The van der Waals surface area contributed by atoms with Crippen molar-refractivity contribution in [2.45, 2.75) is 40.5 Å². The summed E-state index contributed by atoms with van der Waals surface area (Å²) in [5, 5.41) is 0. The number of esters is 1. The lowest BCUT2D eigenvalue weighted by molar-refractivity contribution is -0.154. The molecule has 1 fully saturated rings. The SMILES string of the molecule is CCOC(=O)C1(C)CC(=O)C(C)(C)C1. The molecule has 3 nitrogen and oxygen atoms in total. The first-order valence-electron chi connectivity index (χ1n) is 5.02. The van der Waals surface area contributed by atoms with E-state index in [9.17, 15) is 9.59 Å². The number of carbonyl (C=O) groups is 2. The lowest BCUT2D eigenvalue weighted by Crippen LogP contribution is -2.28. The Morgan fingerprint density at radius 1 is 1.43 bits per heavy atom.